The quantitative estimate of drug-likeness (QED) is 0.574. The third-order valence-corrected chi connectivity index (χ3v) is 6.46. The van der Waals surface area contributed by atoms with Gasteiger partial charge >= 0.3 is 5.97 Å². The molecule has 0 aromatic rings. The van der Waals surface area contributed by atoms with Crippen molar-refractivity contribution in [3.8, 4) is 0 Å². The first-order valence-electron chi connectivity index (χ1n) is 8.51. The Morgan fingerprint density at radius 1 is 1.32 bits per heavy atom. The molecule has 0 heterocycles. The van der Waals surface area contributed by atoms with E-state index < -0.39 is 5.41 Å². The predicted molar refractivity (Wildman–Crippen MR) is 87.4 cm³/mol. The van der Waals surface area contributed by atoms with Crippen LogP contribution in [0, 0.1) is 22.7 Å². The average molecular weight is 306 g/mol. The summed E-state index contributed by atoms with van der Waals surface area (Å²) in [5.74, 6) is 0.842. The lowest BCUT2D eigenvalue weighted by atomic mass is 9.46. The minimum atomic E-state index is -0.392. The van der Waals surface area contributed by atoms with Crippen molar-refractivity contribution in [1.29, 1.82) is 0 Å². The molecule has 0 aromatic heterocycles. The van der Waals surface area contributed by atoms with Gasteiger partial charge in [-0.15, -0.1) is 0 Å². The molecule has 2 saturated carbocycles. The highest BCUT2D eigenvalue weighted by Gasteiger charge is 2.57. The highest BCUT2D eigenvalue weighted by molar-refractivity contribution is 5.77. The zero-order valence-electron chi connectivity index (χ0n) is 14.5. The summed E-state index contributed by atoms with van der Waals surface area (Å²) in [7, 11) is 1.49. The molecule has 3 heteroatoms. The Labute approximate surface area is 134 Å². The van der Waals surface area contributed by atoms with Gasteiger partial charge in [-0.05, 0) is 63.2 Å². The van der Waals surface area contributed by atoms with Gasteiger partial charge in [0.1, 0.15) is 5.78 Å². The zero-order valence-corrected chi connectivity index (χ0v) is 14.5. The number of ketones is 1. The lowest BCUT2D eigenvalue weighted by Crippen LogP contribution is -2.53. The van der Waals surface area contributed by atoms with E-state index in [1.54, 1.807) is 6.92 Å². The van der Waals surface area contributed by atoms with Gasteiger partial charge in [0.15, 0.2) is 0 Å². The third-order valence-electron chi connectivity index (χ3n) is 6.46. The minimum absolute atomic E-state index is 0.0615. The molecule has 0 spiro atoms. The molecule has 0 N–H and O–H groups in total. The minimum Gasteiger partial charge on any atom is -0.469 e. The van der Waals surface area contributed by atoms with Gasteiger partial charge in [0, 0.05) is 6.42 Å². The molecule has 2 fully saturated rings. The molecule has 1 unspecified atom stereocenters. The maximum Gasteiger partial charge on any atom is 0.311 e. The van der Waals surface area contributed by atoms with Crippen LogP contribution in [0.25, 0.3) is 0 Å². The number of rotatable bonds is 4. The molecular formula is C19H30O3. The molecule has 2 aliphatic carbocycles. The van der Waals surface area contributed by atoms with Gasteiger partial charge in [-0.2, -0.15) is 0 Å². The number of ether oxygens (including phenoxy) is 1. The molecule has 2 aliphatic rings. The molecular weight excluding hydrogens is 276 g/mol. The van der Waals surface area contributed by atoms with Crippen molar-refractivity contribution in [3.63, 3.8) is 0 Å². The highest BCUT2D eigenvalue weighted by atomic mass is 16.5. The van der Waals surface area contributed by atoms with Crippen molar-refractivity contribution in [1.82, 2.24) is 0 Å². The van der Waals surface area contributed by atoms with Crippen LogP contribution in [0.1, 0.15) is 65.7 Å². The monoisotopic (exact) mass is 306 g/mol. The Kier molecular flexibility index (Phi) is 4.84. The number of Topliss-reactive ketones (excluding diaryl/α,β-unsaturated/α-hetero) is 1. The Morgan fingerprint density at radius 3 is 2.59 bits per heavy atom. The lowest BCUT2D eigenvalue weighted by Gasteiger charge is -2.57. The maximum absolute atomic E-state index is 12.4. The number of allylic oxidation sites excluding steroid dienone is 1. The van der Waals surface area contributed by atoms with E-state index in [0.29, 0.717) is 18.3 Å². The average Bonchev–Trinajstić information content (AvgIpc) is 2.44. The summed E-state index contributed by atoms with van der Waals surface area (Å²) >= 11 is 0. The van der Waals surface area contributed by atoms with Gasteiger partial charge < -0.3 is 9.53 Å². The number of carbonyl (C=O) groups excluding carboxylic acids is 2. The van der Waals surface area contributed by atoms with Crippen LogP contribution >= 0.6 is 0 Å². The molecule has 22 heavy (non-hydrogen) atoms. The molecule has 0 saturated heterocycles. The summed E-state index contributed by atoms with van der Waals surface area (Å²) in [5, 5.41) is 0. The summed E-state index contributed by atoms with van der Waals surface area (Å²) in [5.41, 5.74) is 0.942. The number of hydrogen-bond donors (Lipinski definition) is 0. The predicted octanol–water partition coefficient (Wildman–Crippen LogP) is 4.31. The summed E-state index contributed by atoms with van der Waals surface area (Å²) in [6.07, 6.45) is 6.53. The van der Waals surface area contributed by atoms with Gasteiger partial charge in [-0.1, -0.05) is 25.5 Å². The molecule has 0 amide bonds. The van der Waals surface area contributed by atoms with Gasteiger partial charge in [-0.25, -0.2) is 0 Å². The van der Waals surface area contributed by atoms with Gasteiger partial charge in [0.05, 0.1) is 12.5 Å². The second-order valence-electron chi connectivity index (χ2n) is 7.81. The Hall–Kier alpha value is -1.12. The van der Waals surface area contributed by atoms with E-state index in [1.807, 2.05) is 0 Å². The first-order chi connectivity index (χ1) is 10.3. The largest absolute Gasteiger partial charge is 0.469 e. The second-order valence-corrected chi connectivity index (χ2v) is 7.81. The lowest BCUT2D eigenvalue weighted by molar-refractivity contribution is -0.168. The molecule has 0 aliphatic heterocycles. The standard InChI is InChI=1S/C19H30O3/c1-13-7-10-16-18(3,15(13)9-8-14(2)20)11-6-12-19(16,4)17(21)22-5/h15-16H,1,6-12H2,2-5H3/t15-,16?,18+,19-/m0/s1. The topological polar surface area (TPSA) is 43.4 Å². The molecule has 124 valence electrons. The van der Waals surface area contributed by atoms with Crippen LogP contribution in [0.4, 0.5) is 0 Å². The number of fused-ring (bicyclic) bond motifs is 1. The van der Waals surface area contributed by atoms with Gasteiger partial charge in [-0.3, -0.25) is 4.79 Å². The third kappa shape index (κ3) is 2.75. The second kappa shape index (κ2) is 6.17. The highest BCUT2D eigenvalue weighted by Crippen LogP contribution is 2.62. The van der Waals surface area contributed by atoms with Crippen LogP contribution < -0.4 is 0 Å². The van der Waals surface area contributed by atoms with Crippen LogP contribution in [0.15, 0.2) is 12.2 Å². The molecule has 4 atom stereocenters. The van der Waals surface area contributed by atoms with Gasteiger partial charge in [0.25, 0.3) is 0 Å². The Balaban J connectivity index is 2.33. The Morgan fingerprint density at radius 2 is 2.00 bits per heavy atom. The summed E-state index contributed by atoms with van der Waals surface area (Å²) < 4.78 is 5.13. The molecule has 0 radical (unpaired) electrons. The number of methoxy groups -OCH3 is 1. The smallest absolute Gasteiger partial charge is 0.311 e. The molecule has 0 aromatic carbocycles. The first-order valence-corrected chi connectivity index (χ1v) is 8.51. The fourth-order valence-electron chi connectivity index (χ4n) is 5.31. The van der Waals surface area contributed by atoms with Crippen LogP contribution in [0.2, 0.25) is 0 Å². The Bertz CT molecular complexity index is 481. The van der Waals surface area contributed by atoms with E-state index in [4.69, 9.17) is 4.74 Å². The fraction of sp³-hybridized carbons (Fsp3) is 0.789. The normalized spacial score (nSPS) is 38.3. The van der Waals surface area contributed by atoms with Crippen molar-refractivity contribution in [2.45, 2.75) is 65.7 Å². The molecule has 3 nitrogen and oxygen atoms in total. The van der Waals surface area contributed by atoms with E-state index in [0.717, 1.165) is 38.5 Å². The van der Waals surface area contributed by atoms with E-state index in [2.05, 4.69) is 20.4 Å². The van der Waals surface area contributed by atoms with Crippen molar-refractivity contribution < 1.29 is 14.3 Å². The van der Waals surface area contributed by atoms with Crippen LogP contribution in [0.5, 0.6) is 0 Å². The first kappa shape index (κ1) is 17.2. The summed E-state index contributed by atoms with van der Waals surface area (Å²) in [4.78, 5) is 23.9. The molecule has 2 rings (SSSR count). The SMILES string of the molecule is C=C1CCC2[C@](C)(CCC[C@]2(C)C(=O)OC)[C@H]1CCC(C)=O. The van der Waals surface area contributed by atoms with Crippen molar-refractivity contribution >= 4 is 11.8 Å². The van der Waals surface area contributed by atoms with E-state index in [-0.39, 0.29) is 17.2 Å². The summed E-state index contributed by atoms with van der Waals surface area (Å²) in [6.45, 7) is 10.3. The van der Waals surface area contributed by atoms with Crippen LogP contribution in [0.3, 0.4) is 0 Å². The molecule has 0 bridgehead atoms. The fourth-order valence-corrected chi connectivity index (χ4v) is 5.31. The maximum atomic E-state index is 12.4. The van der Waals surface area contributed by atoms with Gasteiger partial charge in [0.2, 0.25) is 0 Å². The number of hydrogen-bond acceptors (Lipinski definition) is 3. The number of carbonyl (C=O) groups is 2. The van der Waals surface area contributed by atoms with Crippen molar-refractivity contribution in [3.05, 3.63) is 12.2 Å². The van der Waals surface area contributed by atoms with Crippen molar-refractivity contribution in [2.75, 3.05) is 7.11 Å². The van der Waals surface area contributed by atoms with Crippen LogP contribution in [-0.2, 0) is 14.3 Å². The zero-order chi connectivity index (χ0) is 16.5. The summed E-state index contributed by atoms with van der Waals surface area (Å²) in [6, 6.07) is 0. The number of esters is 1. The van der Waals surface area contributed by atoms with Crippen LogP contribution in [-0.4, -0.2) is 18.9 Å². The van der Waals surface area contributed by atoms with E-state index in [1.165, 1.54) is 12.7 Å². The van der Waals surface area contributed by atoms with Crippen molar-refractivity contribution in [2.24, 2.45) is 22.7 Å². The van der Waals surface area contributed by atoms with E-state index >= 15 is 0 Å². The van der Waals surface area contributed by atoms with E-state index in [9.17, 15) is 9.59 Å².